The van der Waals surface area contributed by atoms with Crippen molar-refractivity contribution in [2.75, 3.05) is 31.1 Å². The molecule has 1 aliphatic carbocycles. The summed E-state index contributed by atoms with van der Waals surface area (Å²) < 4.78 is 30.5. The van der Waals surface area contributed by atoms with E-state index >= 15 is 0 Å². The number of aliphatic hydroxyl groups excluding tert-OH is 1. The lowest BCUT2D eigenvalue weighted by molar-refractivity contribution is -0.153. The van der Waals surface area contributed by atoms with Crippen molar-refractivity contribution in [3.8, 4) is 11.5 Å². The molecule has 3 atom stereocenters. The molecule has 2 aromatic rings. The van der Waals surface area contributed by atoms with Crippen LogP contribution in [0.2, 0.25) is 10.0 Å². The monoisotopic (exact) mass is 667 g/mol. The minimum atomic E-state index is -0.938. The zero-order valence-electron chi connectivity index (χ0n) is 25.7. The van der Waals surface area contributed by atoms with Gasteiger partial charge in [-0.3, -0.25) is 14.4 Å². The second kappa shape index (κ2) is 14.9. The van der Waals surface area contributed by atoms with Gasteiger partial charge in [0.25, 0.3) is 11.8 Å². The van der Waals surface area contributed by atoms with E-state index in [0.717, 1.165) is 12.5 Å². The summed E-state index contributed by atoms with van der Waals surface area (Å²) >= 11 is 11.9. The molecular formula is C32H40Cl2FN3O7. The van der Waals surface area contributed by atoms with Crippen LogP contribution in [0.25, 0.3) is 0 Å². The van der Waals surface area contributed by atoms with E-state index in [9.17, 15) is 23.9 Å². The summed E-state index contributed by atoms with van der Waals surface area (Å²) in [5, 5.41) is 16.9. The molecule has 3 N–H and O–H groups in total. The highest BCUT2D eigenvalue weighted by Gasteiger charge is 2.40. The lowest BCUT2D eigenvalue weighted by Crippen LogP contribution is -2.58. The predicted molar refractivity (Wildman–Crippen MR) is 168 cm³/mol. The van der Waals surface area contributed by atoms with Crippen molar-refractivity contribution in [1.29, 1.82) is 0 Å². The van der Waals surface area contributed by atoms with E-state index in [1.807, 2.05) is 0 Å². The summed E-state index contributed by atoms with van der Waals surface area (Å²) in [5.74, 6) is -1.24. The molecule has 1 saturated carbocycles. The number of halogens is 3. The van der Waals surface area contributed by atoms with Crippen LogP contribution in [0, 0.1) is 5.82 Å². The molecule has 4 rings (SSSR count). The Kier molecular flexibility index (Phi) is 11.4. The van der Waals surface area contributed by atoms with Crippen molar-refractivity contribution in [2.45, 2.75) is 82.6 Å². The van der Waals surface area contributed by atoms with Crippen LogP contribution in [-0.2, 0) is 19.1 Å². The summed E-state index contributed by atoms with van der Waals surface area (Å²) in [5.41, 5.74) is -0.800. The van der Waals surface area contributed by atoms with Gasteiger partial charge in [-0.1, -0.05) is 23.2 Å². The highest BCUT2D eigenvalue weighted by molar-refractivity contribution is 6.31. The Morgan fingerprint density at radius 2 is 1.96 bits per heavy atom. The van der Waals surface area contributed by atoms with Gasteiger partial charge in [0, 0.05) is 23.2 Å². The van der Waals surface area contributed by atoms with Crippen molar-refractivity contribution in [3.63, 3.8) is 0 Å². The van der Waals surface area contributed by atoms with Gasteiger partial charge >= 0.3 is 5.97 Å². The number of esters is 1. The van der Waals surface area contributed by atoms with Gasteiger partial charge in [0.1, 0.15) is 29.5 Å². The van der Waals surface area contributed by atoms with Crippen molar-refractivity contribution in [2.24, 2.45) is 0 Å². The van der Waals surface area contributed by atoms with Crippen LogP contribution in [0.3, 0.4) is 0 Å². The van der Waals surface area contributed by atoms with Gasteiger partial charge in [-0.25, -0.2) is 4.39 Å². The second-order valence-electron chi connectivity index (χ2n) is 12.5. The third-order valence-corrected chi connectivity index (χ3v) is 8.11. The minimum Gasteiger partial charge on any atom is -0.484 e. The first kappa shape index (κ1) is 34.6. The molecule has 2 unspecified atom stereocenters. The minimum absolute atomic E-state index is 0.0384. The molecule has 0 radical (unpaired) electrons. The molecule has 1 heterocycles. The number of hydrogen-bond acceptors (Lipinski definition) is 8. The quantitative estimate of drug-likeness (QED) is 0.230. The molecule has 13 heteroatoms. The van der Waals surface area contributed by atoms with Crippen LogP contribution in [0.5, 0.6) is 11.5 Å². The zero-order valence-corrected chi connectivity index (χ0v) is 27.2. The molecular weight excluding hydrogens is 628 g/mol. The zero-order chi connectivity index (χ0) is 32.8. The number of nitrogens with one attached hydrogen (secondary N) is 2. The molecule has 2 aliphatic rings. The van der Waals surface area contributed by atoms with E-state index in [1.54, 1.807) is 43.9 Å². The van der Waals surface area contributed by atoms with E-state index in [2.05, 4.69) is 10.6 Å². The molecule has 2 aromatic carbocycles. The number of aliphatic hydroxyl groups is 1. The first-order valence-corrected chi connectivity index (χ1v) is 15.8. The standard InChI is InChI=1S/C32H40Cl2FN3O7/c1-31(2,3)45-29(41)18-38-17-27(44-26-10-7-20(33)14-25(26)38)30(42)37-32(11-4-6-21(39)16-32)12-5-13-36-28(40)19-43-22-8-9-23(34)24(35)15-22/h7-10,14-15,21,27,39H,4-6,11-13,16-19H2,1-3H3,(H,36,40)(H,37,42)/t21-,27?,32?/m1/s1. The highest BCUT2D eigenvalue weighted by atomic mass is 35.5. The third-order valence-electron chi connectivity index (χ3n) is 7.57. The third kappa shape index (κ3) is 10.1. The Balaban J connectivity index is 1.36. The number of rotatable bonds is 11. The van der Waals surface area contributed by atoms with Gasteiger partial charge in [0.2, 0.25) is 0 Å². The number of amides is 2. The van der Waals surface area contributed by atoms with Crippen molar-refractivity contribution >= 4 is 46.7 Å². The van der Waals surface area contributed by atoms with Crippen LogP contribution in [0.1, 0.15) is 59.3 Å². The number of fused-ring (bicyclic) bond motifs is 1. The number of hydrogen-bond donors (Lipinski definition) is 3. The van der Waals surface area contributed by atoms with Crippen molar-refractivity contribution in [1.82, 2.24) is 10.6 Å². The average Bonchev–Trinajstić information content (AvgIpc) is 2.95. The molecule has 0 bridgehead atoms. The summed E-state index contributed by atoms with van der Waals surface area (Å²) in [4.78, 5) is 40.5. The van der Waals surface area contributed by atoms with E-state index in [1.165, 1.54) is 12.1 Å². The fourth-order valence-corrected chi connectivity index (χ4v) is 5.92. The molecule has 1 fully saturated rings. The molecule has 45 heavy (non-hydrogen) atoms. The van der Waals surface area contributed by atoms with Gasteiger partial charge in [-0.15, -0.1) is 0 Å². The second-order valence-corrected chi connectivity index (χ2v) is 13.4. The van der Waals surface area contributed by atoms with Gasteiger partial charge in [-0.2, -0.15) is 0 Å². The summed E-state index contributed by atoms with van der Waals surface area (Å²) in [6.45, 7) is 5.35. The topological polar surface area (TPSA) is 126 Å². The van der Waals surface area contributed by atoms with Gasteiger partial charge in [0.15, 0.2) is 12.7 Å². The maximum atomic E-state index is 13.7. The first-order chi connectivity index (χ1) is 21.2. The number of ether oxygens (including phenoxy) is 3. The number of anilines is 1. The Labute approximate surface area is 272 Å². The van der Waals surface area contributed by atoms with Crippen LogP contribution < -0.4 is 25.0 Å². The maximum absolute atomic E-state index is 13.7. The molecule has 0 spiro atoms. The molecule has 0 saturated heterocycles. The van der Waals surface area contributed by atoms with Crippen molar-refractivity contribution < 1.29 is 38.1 Å². The number of nitrogens with zero attached hydrogens (tertiary/aromatic N) is 1. The SMILES string of the molecule is CC(C)(C)OC(=O)CN1CC(C(=O)NC2(CCCNC(=O)COc3ccc(Cl)c(F)c3)CCC[C@@H](O)C2)Oc2ccc(Cl)cc21. The lowest BCUT2D eigenvalue weighted by atomic mass is 9.77. The fraction of sp³-hybridized carbons (Fsp3) is 0.531. The Morgan fingerprint density at radius 3 is 2.67 bits per heavy atom. The molecule has 1 aliphatic heterocycles. The number of benzene rings is 2. The molecule has 0 aromatic heterocycles. The predicted octanol–water partition coefficient (Wildman–Crippen LogP) is 4.81. The lowest BCUT2D eigenvalue weighted by Gasteiger charge is -2.42. The normalized spacial score (nSPS) is 21.3. The van der Waals surface area contributed by atoms with E-state index in [-0.39, 0.29) is 42.3 Å². The number of carbonyl (C=O) groups excluding carboxylic acids is 3. The molecule has 10 nitrogen and oxygen atoms in total. The van der Waals surface area contributed by atoms with Gasteiger partial charge < -0.3 is 34.9 Å². The Bertz CT molecular complexity index is 1390. The van der Waals surface area contributed by atoms with Crippen molar-refractivity contribution in [3.05, 3.63) is 52.3 Å². The summed E-state index contributed by atoms with van der Waals surface area (Å²) in [6.07, 6.45) is 1.86. The smallest absolute Gasteiger partial charge is 0.326 e. The fourth-order valence-electron chi connectivity index (χ4n) is 5.64. The summed E-state index contributed by atoms with van der Waals surface area (Å²) in [6, 6.07) is 8.92. The van der Waals surface area contributed by atoms with Crippen LogP contribution in [-0.4, -0.2) is 72.5 Å². The highest BCUT2D eigenvalue weighted by Crippen LogP contribution is 2.37. The van der Waals surface area contributed by atoms with Crippen LogP contribution >= 0.6 is 23.2 Å². The molecule has 246 valence electrons. The summed E-state index contributed by atoms with van der Waals surface area (Å²) in [7, 11) is 0. The molecule has 2 amide bonds. The van der Waals surface area contributed by atoms with Crippen LogP contribution in [0.4, 0.5) is 10.1 Å². The first-order valence-electron chi connectivity index (χ1n) is 15.0. The van der Waals surface area contributed by atoms with E-state index < -0.39 is 35.1 Å². The Hall–Kier alpha value is -3.28. The van der Waals surface area contributed by atoms with E-state index in [4.69, 9.17) is 37.4 Å². The largest absolute Gasteiger partial charge is 0.484 e. The Morgan fingerprint density at radius 1 is 1.18 bits per heavy atom. The average molecular weight is 669 g/mol. The van der Waals surface area contributed by atoms with E-state index in [0.29, 0.717) is 55.1 Å². The number of carbonyl (C=O) groups is 3. The van der Waals surface area contributed by atoms with Gasteiger partial charge in [-0.05, 0) is 89.6 Å². The van der Waals surface area contributed by atoms with Crippen LogP contribution in [0.15, 0.2) is 36.4 Å². The maximum Gasteiger partial charge on any atom is 0.326 e. The van der Waals surface area contributed by atoms with Gasteiger partial charge in [0.05, 0.1) is 23.4 Å².